The molecule has 13 heteroatoms. The number of nitrogens with two attached hydrogens (primary N) is 2. The maximum absolute atomic E-state index is 11.1. The molecule has 0 bridgehead atoms. The van der Waals surface area contributed by atoms with Crippen molar-refractivity contribution in [2.45, 2.75) is 130 Å². The molecule has 0 aromatic carbocycles. The van der Waals surface area contributed by atoms with Crippen molar-refractivity contribution in [1.82, 2.24) is 0 Å². The summed E-state index contributed by atoms with van der Waals surface area (Å²) in [4.78, 5) is 22.1. The summed E-state index contributed by atoms with van der Waals surface area (Å²) in [6.45, 7) is 6.96. The Morgan fingerprint density at radius 1 is 0.596 bits per heavy atom. The van der Waals surface area contributed by atoms with Gasteiger partial charge in [-0.2, -0.15) is 9.13 Å². The summed E-state index contributed by atoms with van der Waals surface area (Å²) in [6, 6.07) is 7.02. The summed E-state index contributed by atoms with van der Waals surface area (Å²) in [5.74, 6) is -0.820. The monoisotopic (exact) mass is 790 g/mol. The molecule has 0 saturated carbocycles. The van der Waals surface area contributed by atoms with Crippen molar-refractivity contribution >= 4 is 50.6 Å². The van der Waals surface area contributed by atoms with Crippen molar-refractivity contribution in [2.75, 3.05) is 13.2 Å². The van der Waals surface area contributed by atoms with Crippen LogP contribution in [0.3, 0.4) is 0 Å². The molecule has 8 nitrogen and oxygen atoms in total. The van der Waals surface area contributed by atoms with Crippen molar-refractivity contribution in [3.8, 4) is 0 Å². The Labute approximate surface area is 302 Å². The van der Waals surface area contributed by atoms with Crippen LogP contribution in [0.1, 0.15) is 137 Å². The number of hydrogen-bond donors (Lipinski definition) is 2. The molecule has 0 aliphatic carbocycles. The summed E-state index contributed by atoms with van der Waals surface area (Å²) in [6.07, 6.45) is 28.0. The molecule has 268 valence electrons. The molecule has 0 atom stereocenters. The van der Waals surface area contributed by atoms with Crippen LogP contribution >= 0.6 is 38.8 Å². The molecular weight excluding hydrogens is 736 g/mol. The van der Waals surface area contributed by atoms with Crippen LogP contribution in [0.2, 0.25) is 0 Å². The van der Waals surface area contributed by atoms with E-state index in [9.17, 15) is 9.59 Å². The van der Waals surface area contributed by atoms with E-state index in [1.807, 2.05) is 21.5 Å². The van der Waals surface area contributed by atoms with Gasteiger partial charge in [-0.25, -0.2) is 0 Å². The van der Waals surface area contributed by atoms with E-state index in [0.717, 1.165) is 26.1 Å². The van der Waals surface area contributed by atoms with Crippen LogP contribution in [0.4, 0.5) is 0 Å². The Bertz CT molecular complexity index is 997. The number of hydrogen-bond acceptors (Lipinski definition) is 4. The van der Waals surface area contributed by atoms with E-state index in [1.165, 1.54) is 89.9 Å². The molecule has 0 saturated heterocycles. The van der Waals surface area contributed by atoms with Gasteiger partial charge in [-0.1, -0.05) is 104 Å². The first-order valence-electron chi connectivity index (χ1n) is 17.3. The fourth-order valence-electron chi connectivity index (χ4n) is 4.51. The van der Waals surface area contributed by atoms with Crippen molar-refractivity contribution in [3.05, 3.63) is 60.2 Å². The van der Waals surface area contributed by atoms with Crippen LogP contribution in [-0.4, -0.2) is 25.0 Å². The van der Waals surface area contributed by atoms with E-state index in [2.05, 4.69) is 13.8 Å². The molecule has 0 fully saturated rings. The molecule has 2 heterocycles. The third-order valence-corrected chi connectivity index (χ3v) is 7.05. The Morgan fingerprint density at radius 2 is 0.894 bits per heavy atom. The molecule has 2 aromatic heterocycles. The van der Waals surface area contributed by atoms with Gasteiger partial charge in [-0.15, -0.1) is 0 Å². The van der Waals surface area contributed by atoms with E-state index in [0.29, 0.717) is 24.6 Å². The SMILES string of the molecule is CCCCCCCCCCOC[n+]1cccc(C(N)=O)c1.CCCCCCCCCCOC[n+]1cccc(C(N)=O)c1.[Cl][Zn-2]([Cl])([Cl])[Cl]. The van der Waals surface area contributed by atoms with E-state index in [4.69, 9.17) is 59.7 Å². The number of halogens is 4. The third kappa shape index (κ3) is 31.9. The molecule has 4 N–H and O–H groups in total. The van der Waals surface area contributed by atoms with Crippen molar-refractivity contribution in [1.29, 1.82) is 0 Å². The first-order chi connectivity index (χ1) is 22.5. The van der Waals surface area contributed by atoms with Crippen LogP contribution < -0.4 is 20.6 Å². The van der Waals surface area contributed by atoms with E-state index < -0.39 is 22.6 Å². The Balaban J connectivity index is 0.000000787. The number of nitrogens with zero attached hydrogens (tertiary/aromatic N) is 2. The predicted octanol–water partition coefficient (Wildman–Crippen LogP) is 9.13. The van der Waals surface area contributed by atoms with Crippen LogP contribution in [-0.2, 0) is 33.7 Å². The number of unbranched alkanes of at least 4 members (excludes halogenated alkanes) is 14. The van der Waals surface area contributed by atoms with E-state index in [-0.39, 0.29) is 0 Å². The first-order valence-corrected chi connectivity index (χ1v) is 32.9. The molecule has 0 aliphatic heterocycles. The molecule has 2 amide bonds. The molecule has 0 radical (unpaired) electrons. The summed E-state index contributed by atoms with van der Waals surface area (Å²) < 4.78 is 14.9. The van der Waals surface area contributed by atoms with Crippen molar-refractivity contribution in [2.24, 2.45) is 11.5 Å². The van der Waals surface area contributed by atoms with Crippen LogP contribution in [0.5, 0.6) is 0 Å². The van der Waals surface area contributed by atoms with Crippen LogP contribution in [0.25, 0.3) is 0 Å². The standard InChI is InChI=1S/2C17H28N2O2.4ClH.Zn/c2*1-2-3-4-5-6-7-8-9-13-21-15-19-12-10-11-16(14-19)17(18)20;;;;;/h2*10-12,14H,2-9,13,15H2,1H3,(H-,18,20);4*1H;/q;;;;;;+2/p-2. The molecule has 2 rings (SSSR count). The summed E-state index contributed by atoms with van der Waals surface area (Å²) in [5.41, 5.74) is 11.5. The van der Waals surface area contributed by atoms with E-state index in [1.54, 1.807) is 36.7 Å². The maximum atomic E-state index is 11.1. The zero-order valence-electron chi connectivity index (χ0n) is 28.7. The number of ether oxygens (including phenoxy) is 2. The van der Waals surface area contributed by atoms with Gasteiger partial charge in [0.1, 0.15) is 11.1 Å². The van der Waals surface area contributed by atoms with Gasteiger partial charge < -0.3 is 20.9 Å². The normalized spacial score (nSPS) is 10.9. The fourth-order valence-corrected chi connectivity index (χ4v) is 4.51. The molecular formula is C34H58Cl4N4O4Zn. The van der Waals surface area contributed by atoms with Crippen LogP contribution in [0, 0.1) is 0 Å². The van der Waals surface area contributed by atoms with Gasteiger partial charge >= 0.3 is 49.6 Å². The number of amides is 2. The summed E-state index contributed by atoms with van der Waals surface area (Å²) in [7, 11) is 16.8. The molecule has 0 spiro atoms. The zero-order valence-corrected chi connectivity index (χ0v) is 34.7. The molecule has 2 aromatic rings. The predicted molar refractivity (Wildman–Crippen MR) is 191 cm³/mol. The Hall–Kier alpha value is -1.06. The van der Waals surface area contributed by atoms with Gasteiger partial charge in [-0.3, -0.25) is 9.59 Å². The number of pyridine rings is 2. The number of aromatic nitrogens is 2. The van der Waals surface area contributed by atoms with Crippen molar-refractivity contribution < 1.29 is 39.0 Å². The number of carbonyl (C=O) groups is 2. The second kappa shape index (κ2) is 31.0. The minimum atomic E-state index is -3.36. The van der Waals surface area contributed by atoms with Gasteiger partial charge in [-0.05, 0) is 25.0 Å². The van der Waals surface area contributed by atoms with Gasteiger partial charge in [0.25, 0.3) is 25.3 Å². The molecule has 47 heavy (non-hydrogen) atoms. The zero-order chi connectivity index (χ0) is 35.2. The topological polar surface area (TPSA) is 112 Å². The van der Waals surface area contributed by atoms with Crippen molar-refractivity contribution in [3.63, 3.8) is 0 Å². The van der Waals surface area contributed by atoms with Gasteiger partial charge in [0, 0.05) is 12.1 Å². The quantitative estimate of drug-likeness (QED) is 0.0628. The summed E-state index contributed by atoms with van der Waals surface area (Å²) >= 11 is 0. The fraction of sp³-hybridized carbons (Fsp3) is 0.647. The van der Waals surface area contributed by atoms with Gasteiger partial charge in [0.2, 0.25) is 0 Å². The third-order valence-electron chi connectivity index (χ3n) is 7.05. The number of primary amides is 2. The Morgan fingerprint density at radius 3 is 1.19 bits per heavy atom. The average molecular weight is 794 g/mol. The summed E-state index contributed by atoms with van der Waals surface area (Å²) in [5, 5.41) is 0. The second-order valence-corrected chi connectivity index (χ2v) is 39.3. The molecule has 0 aliphatic rings. The number of rotatable bonds is 24. The van der Waals surface area contributed by atoms with Gasteiger partial charge in [0.05, 0.1) is 13.2 Å². The van der Waals surface area contributed by atoms with E-state index >= 15 is 0 Å². The number of carbonyl (C=O) groups excluding carboxylic acids is 2. The minimum absolute atomic E-state index is 0.410. The van der Waals surface area contributed by atoms with Gasteiger partial charge in [0.15, 0.2) is 24.8 Å². The molecule has 0 unspecified atom stereocenters. The Kier molecular flexibility index (Phi) is 30.3. The first kappa shape index (κ1) is 45.9. The average Bonchev–Trinajstić information content (AvgIpc) is 3.02. The van der Waals surface area contributed by atoms with Crippen LogP contribution in [0.15, 0.2) is 49.1 Å². The second-order valence-electron chi connectivity index (χ2n) is 11.6.